The molecule has 256 valence electrons. The quantitative estimate of drug-likeness (QED) is 0.100. The first-order chi connectivity index (χ1) is 20.6. The molecule has 2 aromatic carbocycles. The van der Waals surface area contributed by atoms with Crippen LogP contribution in [-0.4, -0.2) is 157 Å². The number of aliphatic hydroxyl groups is 16. The van der Waals surface area contributed by atoms with Crippen LogP contribution in [-0.2, 0) is 11.7 Å². The Morgan fingerprint density at radius 1 is 0.674 bits per heavy atom. The number of nitrogens with zero attached hydrogens (tertiary/aromatic N) is 1. The van der Waals surface area contributed by atoms with Gasteiger partial charge in [-0.15, -0.1) is 4.90 Å². The van der Waals surface area contributed by atoms with E-state index in [1.807, 2.05) is 0 Å². The molecule has 0 amide bonds. The van der Waals surface area contributed by atoms with Gasteiger partial charge in [0, 0.05) is 5.56 Å². The van der Waals surface area contributed by atoms with Crippen LogP contribution in [0.3, 0.4) is 0 Å². The second-order valence-electron chi connectivity index (χ2n) is 10.6. The van der Waals surface area contributed by atoms with E-state index in [-0.39, 0.29) is 0 Å². The average molecular weight is 667 g/mol. The third-order valence-corrected chi connectivity index (χ3v) is 8.23. The lowest BCUT2D eigenvalue weighted by Gasteiger charge is -2.67. The predicted molar refractivity (Wildman–Crippen MR) is 133 cm³/mol. The molecule has 2 aromatic rings. The minimum absolute atomic E-state index is 0.687. The van der Waals surface area contributed by atoms with Gasteiger partial charge in [-0.3, -0.25) is 4.79 Å². The number of ketones is 1. The summed E-state index contributed by atoms with van der Waals surface area (Å²) in [7, 11) is 1.57. The number of likely N-dealkylation sites (tertiary alicyclic amines) is 1. The molecule has 22 nitrogen and oxygen atoms in total. The number of carbonyl (C=O) groups is 1. The molecule has 1 heterocycles. The standard InChI is InChI=1S/C24H29NO21/c1-45-13-11(26)9-10(12(27)14(13)46-2)17(30,31)16(29,15(9)28)20(35,36)19(34)21(37,38)23(41,42)25(24(43,44)22(19,39)40)18(32,33)8-6-4-3-5-7-8/h3-7,26-27,29-44H,1-2H3. The molecule has 0 saturated carbocycles. The first-order valence-electron chi connectivity index (χ1n) is 12.3. The van der Waals surface area contributed by atoms with Gasteiger partial charge in [0.25, 0.3) is 29.3 Å². The number of Topliss-reactive ketones (excluding diaryl/α,β-unsaturated/α-hetero) is 1. The number of hydrogen-bond donors (Lipinski definition) is 18. The van der Waals surface area contributed by atoms with Crippen molar-refractivity contribution in [1.29, 1.82) is 0 Å². The Bertz CT molecular complexity index is 1550. The van der Waals surface area contributed by atoms with Crippen molar-refractivity contribution in [2.75, 3.05) is 14.2 Å². The maximum absolute atomic E-state index is 13.5. The van der Waals surface area contributed by atoms with E-state index in [2.05, 4.69) is 0 Å². The molecule has 4 rings (SSSR count). The van der Waals surface area contributed by atoms with Crippen LogP contribution in [0.25, 0.3) is 0 Å². The Morgan fingerprint density at radius 3 is 1.50 bits per heavy atom. The number of aromatic hydroxyl groups is 2. The fraction of sp³-hybridized carbons (Fsp3) is 0.458. The molecule has 0 spiro atoms. The van der Waals surface area contributed by atoms with E-state index in [0.29, 0.717) is 12.1 Å². The van der Waals surface area contributed by atoms with E-state index in [9.17, 15) is 96.7 Å². The third kappa shape index (κ3) is 3.47. The number of phenolic OH excluding ortho intramolecular Hbond substituents is 2. The molecule has 0 aromatic heterocycles. The number of piperidine rings is 1. The van der Waals surface area contributed by atoms with Gasteiger partial charge in [0.1, 0.15) is 0 Å². The van der Waals surface area contributed by atoms with Gasteiger partial charge in [-0.2, -0.15) is 0 Å². The Balaban J connectivity index is 2.08. The van der Waals surface area contributed by atoms with Crippen LogP contribution in [0.4, 0.5) is 0 Å². The van der Waals surface area contributed by atoms with Crippen LogP contribution >= 0.6 is 0 Å². The third-order valence-electron chi connectivity index (χ3n) is 8.23. The number of fused-ring (bicyclic) bond motifs is 1. The number of methoxy groups -OCH3 is 2. The van der Waals surface area contributed by atoms with E-state index >= 15 is 0 Å². The van der Waals surface area contributed by atoms with Crippen LogP contribution in [0, 0.1) is 0 Å². The molecular formula is C24H29NO21. The lowest BCUT2D eigenvalue weighted by molar-refractivity contribution is -0.650. The zero-order chi connectivity index (χ0) is 35.6. The number of benzene rings is 2. The van der Waals surface area contributed by atoms with Crippen LogP contribution in [0.15, 0.2) is 30.3 Å². The smallest absolute Gasteiger partial charge is 0.294 e. The van der Waals surface area contributed by atoms with Gasteiger partial charge in [0.2, 0.25) is 40.1 Å². The molecule has 22 heteroatoms. The second kappa shape index (κ2) is 9.60. The number of phenols is 2. The van der Waals surface area contributed by atoms with Gasteiger partial charge < -0.3 is 101 Å². The van der Waals surface area contributed by atoms with Crippen molar-refractivity contribution in [3.05, 3.63) is 47.0 Å². The highest BCUT2D eigenvalue weighted by molar-refractivity contribution is 6.12. The lowest BCUT2D eigenvalue weighted by Crippen LogP contribution is -3.00. The molecule has 0 bridgehead atoms. The predicted octanol–water partition coefficient (Wildman–Crippen LogP) is -8.66. The van der Waals surface area contributed by atoms with Crippen molar-refractivity contribution in [1.82, 2.24) is 4.90 Å². The first-order valence-corrected chi connectivity index (χ1v) is 12.3. The van der Waals surface area contributed by atoms with Crippen molar-refractivity contribution in [3.8, 4) is 23.0 Å². The lowest BCUT2D eigenvalue weighted by atomic mass is 9.62. The van der Waals surface area contributed by atoms with Gasteiger partial charge in [-0.05, 0) is 0 Å². The van der Waals surface area contributed by atoms with E-state index in [4.69, 9.17) is 9.47 Å². The maximum Gasteiger partial charge on any atom is 0.294 e. The molecular weight excluding hydrogens is 638 g/mol. The van der Waals surface area contributed by atoms with Crippen LogP contribution in [0.5, 0.6) is 23.0 Å². The number of ether oxygens (including phenoxy) is 2. The van der Waals surface area contributed by atoms with Gasteiger partial charge in [-0.1, -0.05) is 30.3 Å². The first kappa shape index (κ1) is 35.5. The number of rotatable bonds is 6. The van der Waals surface area contributed by atoms with Crippen molar-refractivity contribution in [2.24, 2.45) is 0 Å². The monoisotopic (exact) mass is 667 g/mol. The van der Waals surface area contributed by atoms with E-state index < -0.39 is 102 Å². The number of hydrogen-bond acceptors (Lipinski definition) is 22. The minimum Gasteiger partial charge on any atom is -0.504 e. The molecule has 1 atom stereocenters. The van der Waals surface area contributed by atoms with Gasteiger partial charge >= 0.3 is 0 Å². The molecule has 1 fully saturated rings. The molecule has 1 aliphatic heterocycles. The molecule has 1 unspecified atom stereocenters. The van der Waals surface area contributed by atoms with Gasteiger partial charge in [0.05, 0.1) is 25.3 Å². The summed E-state index contributed by atoms with van der Waals surface area (Å²) in [6.45, 7) is 0. The summed E-state index contributed by atoms with van der Waals surface area (Å²) >= 11 is 0. The highest BCUT2D eigenvalue weighted by Crippen LogP contribution is 2.64. The van der Waals surface area contributed by atoms with Crippen molar-refractivity contribution >= 4 is 5.78 Å². The Labute approximate surface area is 253 Å². The average Bonchev–Trinajstić information content (AvgIpc) is 3.11. The molecule has 18 N–H and O–H groups in total. The summed E-state index contributed by atoms with van der Waals surface area (Å²) in [6, 6.07) is 4.60. The van der Waals surface area contributed by atoms with Gasteiger partial charge in [0.15, 0.2) is 11.5 Å². The molecule has 2 aliphatic rings. The van der Waals surface area contributed by atoms with Crippen molar-refractivity contribution < 1.29 is 106 Å². The van der Waals surface area contributed by atoms with Crippen LogP contribution in [0.2, 0.25) is 0 Å². The van der Waals surface area contributed by atoms with Crippen LogP contribution < -0.4 is 9.47 Å². The largest absolute Gasteiger partial charge is 0.504 e. The molecule has 0 radical (unpaired) electrons. The molecule has 1 saturated heterocycles. The van der Waals surface area contributed by atoms with Crippen molar-refractivity contribution in [2.45, 2.75) is 52.1 Å². The fourth-order valence-corrected chi connectivity index (χ4v) is 5.77. The Kier molecular flexibility index (Phi) is 7.40. The Hall–Kier alpha value is -3.37. The summed E-state index contributed by atoms with van der Waals surface area (Å²) in [5, 5.41) is 196. The summed E-state index contributed by atoms with van der Waals surface area (Å²) in [5.74, 6) is -45.4. The zero-order valence-corrected chi connectivity index (χ0v) is 23.1. The highest BCUT2D eigenvalue weighted by Gasteiger charge is 2.96. The molecule has 1 aliphatic carbocycles. The van der Waals surface area contributed by atoms with Crippen LogP contribution in [0.1, 0.15) is 21.5 Å². The Morgan fingerprint density at radius 2 is 1.09 bits per heavy atom. The number of carbonyl (C=O) groups excluding carboxylic acids is 1. The fourth-order valence-electron chi connectivity index (χ4n) is 5.77. The van der Waals surface area contributed by atoms with E-state index in [0.717, 1.165) is 26.4 Å². The summed E-state index contributed by atoms with van der Waals surface area (Å²) in [6.07, 6.45) is 0. The van der Waals surface area contributed by atoms with Crippen molar-refractivity contribution in [3.63, 3.8) is 0 Å². The van der Waals surface area contributed by atoms with Gasteiger partial charge in [-0.25, -0.2) is 0 Å². The zero-order valence-electron chi connectivity index (χ0n) is 23.1. The summed E-state index contributed by atoms with van der Waals surface area (Å²) in [5.41, 5.74) is -15.9. The normalized spacial score (nSPS) is 26.0. The minimum atomic E-state index is -5.97. The molecule has 46 heavy (non-hydrogen) atoms. The topological polar surface area (TPSA) is 403 Å². The summed E-state index contributed by atoms with van der Waals surface area (Å²) in [4.78, 5) is 12.0. The summed E-state index contributed by atoms with van der Waals surface area (Å²) < 4.78 is 9.45. The highest BCUT2D eigenvalue weighted by atomic mass is 16.7. The second-order valence-corrected chi connectivity index (χ2v) is 10.6. The van der Waals surface area contributed by atoms with E-state index in [1.54, 1.807) is 0 Å². The van der Waals surface area contributed by atoms with E-state index in [1.165, 1.54) is 6.07 Å². The SMILES string of the molecule is COc1c(O)c2c(c(O)c1OC)C(O)(O)C(O)(C(O)(O)C1(O)C(O)(O)C(O)(O)N(C(O)(O)c3ccccc3)C(O)(O)C1(O)O)C2=O. The maximum atomic E-state index is 13.5.